The molecule has 1 unspecified atom stereocenters. The van der Waals surface area contributed by atoms with Crippen LogP contribution in [-0.4, -0.2) is 35.3 Å². The van der Waals surface area contributed by atoms with Crippen LogP contribution in [0.5, 0.6) is 0 Å². The first kappa shape index (κ1) is 10.8. The van der Waals surface area contributed by atoms with E-state index in [1.54, 1.807) is 0 Å². The number of hydrogen-bond donors (Lipinski definition) is 2. The fourth-order valence-electron chi connectivity index (χ4n) is 2.33. The van der Waals surface area contributed by atoms with E-state index in [4.69, 9.17) is 0 Å². The second-order valence-corrected chi connectivity index (χ2v) is 5.68. The van der Waals surface area contributed by atoms with Crippen molar-refractivity contribution in [3.63, 3.8) is 0 Å². The van der Waals surface area contributed by atoms with Crippen molar-refractivity contribution in [2.24, 2.45) is 5.92 Å². The maximum absolute atomic E-state index is 9.97. The lowest BCUT2D eigenvalue weighted by Crippen LogP contribution is -2.45. The van der Waals surface area contributed by atoms with Gasteiger partial charge in [0.1, 0.15) is 0 Å². The van der Waals surface area contributed by atoms with Gasteiger partial charge in [0.25, 0.3) is 0 Å². The highest BCUT2D eigenvalue weighted by Crippen LogP contribution is 2.26. The lowest BCUT2D eigenvalue weighted by molar-refractivity contribution is 0.0824. The first-order valence-electron chi connectivity index (χ1n) is 5.85. The maximum Gasteiger partial charge on any atom is 0.0692 e. The van der Waals surface area contributed by atoms with E-state index in [-0.39, 0.29) is 6.10 Å². The van der Waals surface area contributed by atoms with Crippen LogP contribution >= 0.6 is 11.8 Å². The summed E-state index contributed by atoms with van der Waals surface area (Å²) < 4.78 is 0. The van der Waals surface area contributed by atoms with Crippen LogP contribution in [0.1, 0.15) is 32.1 Å². The normalized spacial score (nSPS) is 27.2. The fourth-order valence-corrected chi connectivity index (χ4v) is 3.03. The minimum atomic E-state index is -0.0964. The van der Waals surface area contributed by atoms with Crippen molar-refractivity contribution >= 4 is 11.8 Å². The largest absolute Gasteiger partial charge is 0.392 e. The molecule has 0 aromatic heterocycles. The van der Waals surface area contributed by atoms with Crippen LogP contribution in [0.25, 0.3) is 0 Å². The Morgan fingerprint density at radius 3 is 2.50 bits per heavy atom. The van der Waals surface area contributed by atoms with Gasteiger partial charge in [0, 0.05) is 24.1 Å². The van der Waals surface area contributed by atoms with Crippen molar-refractivity contribution in [3.8, 4) is 0 Å². The van der Waals surface area contributed by atoms with E-state index in [0.29, 0.717) is 12.0 Å². The van der Waals surface area contributed by atoms with Crippen LogP contribution in [0.2, 0.25) is 0 Å². The Bertz CT molecular complexity index is 167. The van der Waals surface area contributed by atoms with E-state index < -0.39 is 0 Å². The Kier molecular flexibility index (Phi) is 4.14. The van der Waals surface area contributed by atoms with Crippen molar-refractivity contribution in [1.82, 2.24) is 5.32 Å². The summed E-state index contributed by atoms with van der Waals surface area (Å²) in [7, 11) is 0. The Morgan fingerprint density at radius 1 is 1.21 bits per heavy atom. The summed E-state index contributed by atoms with van der Waals surface area (Å²) in [6.45, 7) is 0.815. The summed E-state index contributed by atoms with van der Waals surface area (Å²) in [4.78, 5) is 0. The molecule has 0 aromatic carbocycles. The molecule has 0 bridgehead atoms. The Labute approximate surface area is 90.8 Å². The molecule has 2 fully saturated rings. The number of rotatable bonds is 4. The monoisotopic (exact) mass is 215 g/mol. The molecule has 1 saturated carbocycles. The highest BCUT2D eigenvalue weighted by Gasteiger charge is 2.24. The molecule has 2 nitrogen and oxygen atoms in total. The summed E-state index contributed by atoms with van der Waals surface area (Å²) in [5.74, 6) is 3.04. The number of thioether (sulfide) groups is 1. The molecule has 1 aliphatic carbocycles. The third kappa shape index (κ3) is 2.88. The highest BCUT2D eigenvalue weighted by atomic mass is 32.2. The summed E-state index contributed by atoms with van der Waals surface area (Å²) in [5, 5.41) is 13.4. The molecule has 1 atom stereocenters. The molecule has 0 radical (unpaired) electrons. The molecule has 82 valence electrons. The number of nitrogens with one attached hydrogen (secondary N) is 1. The lowest BCUT2D eigenvalue weighted by atomic mass is 9.85. The van der Waals surface area contributed by atoms with E-state index in [0.717, 1.165) is 6.54 Å². The van der Waals surface area contributed by atoms with Gasteiger partial charge in [-0.05, 0) is 18.8 Å². The van der Waals surface area contributed by atoms with Gasteiger partial charge >= 0.3 is 0 Å². The predicted molar refractivity (Wildman–Crippen MR) is 61.7 cm³/mol. The molecule has 3 heteroatoms. The quantitative estimate of drug-likeness (QED) is 0.747. The van der Waals surface area contributed by atoms with Gasteiger partial charge in [0.2, 0.25) is 0 Å². The van der Waals surface area contributed by atoms with Crippen LogP contribution in [0.3, 0.4) is 0 Å². The Hall–Kier alpha value is 0.270. The van der Waals surface area contributed by atoms with E-state index in [1.807, 2.05) is 11.8 Å². The van der Waals surface area contributed by atoms with Gasteiger partial charge in [-0.25, -0.2) is 0 Å². The predicted octanol–water partition coefficient (Wildman–Crippen LogP) is 1.63. The van der Waals surface area contributed by atoms with Crippen LogP contribution < -0.4 is 5.32 Å². The van der Waals surface area contributed by atoms with Gasteiger partial charge in [0.05, 0.1) is 6.10 Å². The van der Waals surface area contributed by atoms with Crippen molar-refractivity contribution in [3.05, 3.63) is 0 Å². The average molecular weight is 215 g/mol. The van der Waals surface area contributed by atoms with Gasteiger partial charge < -0.3 is 10.4 Å². The molecule has 0 aromatic rings. The van der Waals surface area contributed by atoms with Crippen LogP contribution in [0, 0.1) is 5.92 Å². The van der Waals surface area contributed by atoms with Gasteiger partial charge in [0.15, 0.2) is 0 Å². The summed E-state index contributed by atoms with van der Waals surface area (Å²) in [6.07, 6.45) is 6.39. The number of aliphatic hydroxyl groups excluding tert-OH is 1. The Balaban J connectivity index is 1.62. The maximum atomic E-state index is 9.97. The average Bonchev–Trinajstić information content (AvgIpc) is 2.16. The zero-order chi connectivity index (χ0) is 9.80. The van der Waals surface area contributed by atoms with E-state index in [9.17, 15) is 5.11 Å². The highest BCUT2D eigenvalue weighted by molar-refractivity contribution is 8.00. The van der Waals surface area contributed by atoms with Crippen molar-refractivity contribution in [1.29, 1.82) is 0 Å². The van der Waals surface area contributed by atoms with Crippen molar-refractivity contribution in [2.75, 3.05) is 18.1 Å². The lowest BCUT2D eigenvalue weighted by Gasteiger charge is -2.31. The topological polar surface area (TPSA) is 32.3 Å². The SMILES string of the molecule is OC(CNC1CSC1)C1CCCCC1. The zero-order valence-electron chi connectivity index (χ0n) is 8.74. The molecule has 1 aliphatic heterocycles. The molecule has 0 spiro atoms. The molecular formula is C11H21NOS. The summed E-state index contributed by atoms with van der Waals surface area (Å²) in [6, 6.07) is 0.679. The second-order valence-electron chi connectivity index (χ2n) is 4.61. The van der Waals surface area contributed by atoms with E-state index in [2.05, 4.69) is 5.32 Å². The van der Waals surface area contributed by atoms with Crippen molar-refractivity contribution in [2.45, 2.75) is 44.2 Å². The first-order valence-corrected chi connectivity index (χ1v) is 7.01. The number of aliphatic hydroxyl groups is 1. The molecule has 1 heterocycles. The summed E-state index contributed by atoms with van der Waals surface area (Å²) in [5.41, 5.74) is 0. The van der Waals surface area contributed by atoms with Crippen molar-refractivity contribution < 1.29 is 5.11 Å². The molecular weight excluding hydrogens is 194 g/mol. The van der Waals surface area contributed by atoms with Gasteiger partial charge in [-0.2, -0.15) is 11.8 Å². The fraction of sp³-hybridized carbons (Fsp3) is 1.00. The molecule has 2 rings (SSSR count). The third-order valence-electron chi connectivity index (χ3n) is 3.45. The molecule has 2 aliphatic rings. The van der Waals surface area contributed by atoms with Gasteiger partial charge in [-0.3, -0.25) is 0 Å². The number of hydrogen-bond acceptors (Lipinski definition) is 3. The smallest absolute Gasteiger partial charge is 0.0692 e. The third-order valence-corrected chi connectivity index (χ3v) is 4.72. The van der Waals surface area contributed by atoms with Gasteiger partial charge in [-0.1, -0.05) is 19.3 Å². The van der Waals surface area contributed by atoms with E-state index >= 15 is 0 Å². The molecule has 1 saturated heterocycles. The van der Waals surface area contributed by atoms with Crippen LogP contribution in [0.4, 0.5) is 0 Å². The van der Waals surface area contributed by atoms with Crippen LogP contribution in [0.15, 0.2) is 0 Å². The minimum Gasteiger partial charge on any atom is -0.392 e. The first-order chi connectivity index (χ1) is 6.86. The van der Waals surface area contributed by atoms with E-state index in [1.165, 1.54) is 43.6 Å². The molecule has 2 N–H and O–H groups in total. The summed E-state index contributed by atoms with van der Waals surface area (Å²) >= 11 is 1.99. The second kappa shape index (κ2) is 5.38. The zero-order valence-corrected chi connectivity index (χ0v) is 9.56. The minimum absolute atomic E-state index is 0.0964. The molecule has 14 heavy (non-hydrogen) atoms. The van der Waals surface area contributed by atoms with Crippen LogP contribution in [-0.2, 0) is 0 Å². The Morgan fingerprint density at radius 2 is 1.93 bits per heavy atom. The molecule has 0 amide bonds. The van der Waals surface area contributed by atoms with Gasteiger partial charge in [-0.15, -0.1) is 0 Å². The standard InChI is InChI=1S/C11H21NOS/c13-11(6-12-10-7-14-8-10)9-4-2-1-3-5-9/h9-13H,1-8H2.